The van der Waals surface area contributed by atoms with Crippen molar-refractivity contribution < 1.29 is 0 Å². The molecule has 0 aromatic heterocycles. The fraction of sp³-hybridized carbons (Fsp3) is 0.273. The molecule has 0 unspecified atom stereocenters. The van der Waals surface area contributed by atoms with Gasteiger partial charge in [0.1, 0.15) is 0 Å². The zero-order chi connectivity index (χ0) is 24.1. The summed E-state index contributed by atoms with van der Waals surface area (Å²) in [5.41, 5.74) is 3.42. The molecule has 0 aliphatic heterocycles. The summed E-state index contributed by atoms with van der Waals surface area (Å²) in [5, 5.41) is 5.70. The van der Waals surface area contributed by atoms with Crippen molar-refractivity contribution >= 4 is 44.8 Å². The fourth-order valence-corrected chi connectivity index (χ4v) is 11.7. The topological polar surface area (TPSA) is 0 Å². The van der Waals surface area contributed by atoms with Crippen molar-refractivity contribution in [1.82, 2.24) is 0 Å². The van der Waals surface area contributed by atoms with Crippen molar-refractivity contribution in [3.8, 4) is 0 Å². The number of hydrogen-bond acceptors (Lipinski definition) is 0. The second-order valence-corrected chi connectivity index (χ2v) is 16.8. The average Bonchev–Trinajstić information content (AvgIpc) is 2.88. The first kappa shape index (κ1) is 25.9. The summed E-state index contributed by atoms with van der Waals surface area (Å²) < 4.78 is 0. The van der Waals surface area contributed by atoms with Crippen LogP contribution in [-0.4, -0.2) is 6.66 Å². The third-order valence-electron chi connectivity index (χ3n) is 8.69. The third-order valence-corrected chi connectivity index (χ3v) is 15.0. The molecule has 0 spiro atoms. The third kappa shape index (κ3) is 3.83. The van der Waals surface area contributed by atoms with Gasteiger partial charge in [-0.15, -0.1) is 17.0 Å². The van der Waals surface area contributed by atoms with Crippen LogP contribution in [0.5, 0.6) is 0 Å². The van der Waals surface area contributed by atoms with Crippen LogP contribution in [0.25, 0.3) is 0 Å². The van der Waals surface area contributed by atoms with E-state index in [-0.39, 0.29) is 27.8 Å². The van der Waals surface area contributed by atoms with Crippen LogP contribution in [-0.2, 0) is 10.8 Å². The predicted molar refractivity (Wildman–Crippen MR) is 163 cm³/mol. The van der Waals surface area contributed by atoms with Gasteiger partial charge in [0, 0.05) is 0 Å². The van der Waals surface area contributed by atoms with Crippen molar-refractivity contribution in [2.24, 2.45) is 0 Å². The maximum absolute atomic E-state index is 3.00. The number of rotatable bonds is 4. The molecule has 4 aromatic carbocycles. The molecule has 0 fully saturated rings. The van der Waals surface area contributed by atoms with E-state index in [1.807, 2.05) is 0 Å². The van der Waals surface area contributed by atoms with E-state index >= 15 is 0 Å². The number of fused-ring (bicyclic) bond motifs is 1. The Bertz CT molecular complexity index is 1210. The fourth-order valence-electron chi connectivity index (χ4n) is 6.22. The summed E-state index contributed by atoms with van der Waals surface area (Å²) in [6.45, 7) is 9.27. The van der Waals surface area contributed by atoms with E-state index in [0.717, 1.165) is 0 Å². The molecule has 0 saturated heterocycles. The quantitative estimate of drug-likeness (QED) is 0.235. The molecule has 0 nitrogen and oxygen atoms in total. The minimum atomic E-state index is -3.00. The molecule has 0 radical (unpaired) electrons. The Labute approximate surface area is 222 Å². The summed E-state index contributed by atoms with van der Waals surface area (Å²) >= 11 is 0. The van der Waals surface area contributed by atoms with Gasteiger partial charge in [0.25, 0.3) is 0 Å². The number of benzene rings is 4. The SMILES string of the molecule is Br.CC1(C)CCC(C)(C)c2cc(P(C)(c3ccccc3)(c3ccccc3)c3ccccc3)ccc21. The first-order valence-corrected chi connectivity index (χ1v) is 15.2. The maximum atomic E-state index is 2.60. The van der Waals surface area contributed by atoms with Gasteiger partial charge in [0.05, 0.1) is 0 Å². The van der Waals surface area contributed by atoms with Crippen LogP contribution in [0, 0.1) is 0 Å². The van der Waals surface area contributed by atoms with E-state index in [4.69, 9.17) is 0 Å². The van der Waals surface area contributed by atoms with Crippen molar-refractivity contribution in [3.63, 3.8) is 0 Å². The van der Waals surface area contributed by atoms with E-state index in [0.29, 0.717) is 0 Å². The van der Waals surface area contributed by atoms with Gasteiger partial charge in [-0.25, -0.2) is 0 Å². The van der Waals surface area contributed by atoms with Crippen molar-refractivity contribution in [2.45, 2.75) is 51.4 Å². The van der Waals surface area contributed by atoms with Gasteiger partial charge in [-0.2, -0.15) is 0 Å². The molecular formula is C33H38BrP. The second kappa shape index (κ2) is 9.02. The van der Waals surface area contributed by atoms with E-state index in [2.05, 4.69) is 144 Å². The monoisotopic (exact) mass is 544 g/mol. The molecule has 35 heavy (non-hydrogen) atoms. The summed E-state index contributed by atoms with van der Waals surface area (Å²) in [6.07, 6.45) is 2.45. The molecule has 1 aliphatic rings. The van der Waals surface area contributed by atoms with E-state index in [9.17, 15) is 0 Å². The average molecular weight is 546 g/mol. The van der Waals surface area contributed by atoms with Gasteiger partial charge < -0.3 is 0 Å². The Hall–Kier alpha value is -2.21. The molecule has 0 atom stereocenters. The van der Waals surface area contributed by atoms with Crippen LogP contribution in [0.3, 0.4) is 0 Å². The Morgan fingerprint density at radius 1 is 0.486 bits per heavy atom. The molecular weight excluding hydrogens is 507 g/mol. The number of hydrogen-bond donors (Lipinski definition) is 0. The molecule has 1 aliphatic carbocycles. The van der Waals surface area contributed by atoms with Gasteiger partial charge in [-0.1, -0.05) is 0 Å². The molecule has 4 aromatic rings. The van der Waals surface area contributed by atoms with Gasteiger partial charge in [0.2, 0.25) is 0 Å². The predicted octanol–water partition coefficient (Wildman–Crippen LogP) is 7.40. The van der Waals surface area contributed by atoms with E-state index < -0.39 is 6.60 Å². The zero-order valence-corrected chi connectivity index (χ0v) is 24.3. The summed E-state index contributed by atoms with van der Waals surface area (Å²) in [5.74, 6) is 0. The Morgan fingerprint density at radius 3 is 1.26 bits per heavy atom. The molecule has 0 heterocycles. The van der Waals surface area contributed by atoms with Crippen LogP contribution < -0.4 is 21.2 Å². The van der Waals surface area contributed by atoms with Gasteiger partial charge in [-0.3, -0.25) is 0 Å². The molecule has 182 valence electrons. The van der Waals surface area contributed by atoms with Crippen molar-refractivity contribution in [3.05, 3.63) is 120 Å². The number of halogens is 1. The normalized spacial score (nSPS) is 17.3. The van der Waals surface area contributed by atoms with E-state index in [1.54, 1.807) is 0 Å². The summed E-state index contributed by atoms with van der Waals surface area (Å²) in [6, 6.07) is 41.3. The van der Waals surface area contributed by atoms with Gasteiger partial charge >= 0.3 is 206 Å². The van der Waals surface area contributed by atoms with Crippen molar-refractivity contribution in [1.29, 1.82) is 0 Å². The van der Waals surface area contributed by atoms with Crippen LogP contribution >= 0.6 is 23.6 Å². The molecule has 2 heteroatoms. The standard InChI is InChI=1S/C33H37P.BrH/c1-32(2)23-24-33(3,4)31-25-29(21-22-30(31)32)34(5,26-15-9-6-10-16-26,27-17-11-7-12-18-27)28-19-13-8-14-20-28;/h6-22,25H,23-24H2,1-5H3;1H. The Kier molecular flexibility index (Phi) is 6.67. The van der Waals surface area contributed by atoms with Gasteiger partial charge in [0.15, 0.2) is 0 Å². The summed E-state index contributed by atoms with van der Waals surface area (Å²) in [7, 11) is 0. The first-order chi connectivity index (χ1) is 16.2. The summed E-state index contributed by atoms with van der Waals surface area (Å²) in [4.78, 5) is 0. The van der Waals surface area contributed by atoms with Crippen LogP contribution in [0.1, 0.15) is 51.7 Å². The van der Waals surface area contributed by atoms with Gasteiger partial charge in [-0.05, 0) is 0 Å². The van der Waals surface area contributed by atoms with Crippen molar-refractivity contribution in [2.75, 3.05) is 6.66 Å². The van der Waals surface area contributed by atoms with Crippen LogP contribution in [0.15, 0.2) is 109 Å². The zero-order valence-electron chi connectivity index (χ0n) is 21.7. The molecule has 0 N–H and O–H groups in total. The molecule has 0 bridgehead atoms. The Morgan fingerprint density at radius 2 is 0.857 bits per heavy atom. The van der Waals surface area contributed by atoms with Crippen LogP contribution in [0.2, 0.25) is 0 Å². The van der Waals surface area contributed by atoms with Crippen LogP contribution in [0.4, 0.5) is 0 Å². The minimum absolute atomic E-state index is 0. The first-order valence-electron chi connectivity index (χ1n) is 12.5. The molecule has 0 amide bonds. The molecule has 5 rings (SSSR count). The molecule has 0 saturated carbocycles. The second-order valence-electron chi connectivity index (χ2n) is 11.6. The Balaban J connectivity index is 0.00000289. The van der Waals surface area contributed by atoms with E-state index in [1.165, 1.54) is 45.2 Å².